The zero-order valence-electron chi connectivity index (χ0n) is 10.7. The van der Waals surface area contributed by atoms with Crippen LogP contribution in [-0.2, 0) is 6.42 Å². The number of thioether (sulfide) groups is 1. The lowest BCUT2D eigenvalue weighted by Gasteiger charge is -2.21. The molecule has 1 aromatic heterocycles. The molecule has 4 nitrogen and oxygen atoms in total. The first-order valence-corrected chi connectivity index (χ1v) is 7.21. The van der Waals surface area contributed by atoms with Crippen molar-refractivity contribution in [1.29, 1.82) is 0 Å². The fourth-order valence-electron chi connectivity index (χ4n) is 1.63. The topological polar surface area (TPSA) is 58.0 Å². The molecule has 0 aliphatic rings. The number of nitrogens with one attached hydrogen (secondary N) is 1. The standard InChI is InChI=1S/C12H21N3OS/c1-4-5-10-6-12(14-8-13-10)15-9(2)11(7-16)17-3/h6,8-9,11,16H,4-5,7H2,1-3H3,(H,13,14,15). The van der Waals surface area contributed by atoms with E-state index in [1.807, 2.05) is 12.3 Å². The van der Waals surface area contributed by atoms with E-state index in [-0.39, 0.29) is 17.9 Å². The second-order valence-corrected chi connectivity index (χ2v) is 5.11. The van der Waals surface area contributed by atoms with Gasteiger partial charge in [-0.15, -0.1) is 0 Å². The molecule has 0 fully saturated rings. The maximum atomic E-state index is 9.22. The number of aliphatic hydroxyl groups excluding tert-OH is 1. The summed E-state index contributed by atoms with van der Waals surface area (Å²) in [6.07, 6.45) is 5.64. The van der Waals surface area contributed by atoms with E-state index in [9.17, 15) is 5.11 Å². The molecule has 2 N–H and O–H groups in total. The Kier molecular flexibility index (Phi) is 6.29. The van der Waals surface area contributed by atoms with Gasteiger partial charge in [0.25, 0.3) is 0 Å². The van der Waals surface area contributed by atoms with E-state index in [4.69, 9.17) is 0 Å². The van der Waals surface area contributed by atoms with Crippen molar-refractivity contribution in [2.75, 3.05) is 18.2 Å². The van der Waals surface area contributed by atoms with E-state index in [1.54, 1.807) is 18.1 Å². The Morgan fingerprint density at radius 2 is 2.24 bits per heavy atom. The van der Waals surface area contributed by atoms with Crippen LogP contribution >= 0.6 is 11.8 Å². The average Bonchev–Trinajstić information content (AvgIpc) is 2.31. The van der Waals surface area contributed by atoms with Gasteiger partial charge in [-0.1, -0.05) is 13.3 Å². The normalized spacial score (nSPS) is 14.4. The van der Waals surface area contributed by atoms with Gasteiger partial charge in [-0.3, -0.25) is 0 Å². The van der Waals surface area contributed by atoms with Gasteiger partial charge in [0.2, 0.25) is 0 Å². The molecule has 0 aliphatic carbocycles. The van der Waals surface area contributed by atoms with Crippen molar-refractivity contribution in [3.8, 4) is 0 Å². The number of aliphatic hydroxyl groups is 1. The van der Waals surface area contributed by atoms with Gasteiger partial charge in [0.1, 0.15) is 12.1 Å². The second-order valence-electron chi connectivity index (χ2n) is 4.03. The number of hydrogen-bond acceptors (Lipinski definition) is 5. The highest BCUT2D eigenvalue weighted by Crippen LogP contribution is 2.15. The van der Waals surface area contributed by atoms with Crippen LogP contribution in [0.5, 0.6) is 0 Å². The van der Waals surface area contributed by atoms with Gasteiger partial charge in [-0.05, 0) is 19.6 Å². The minimum absolute atomic E-state index is 0.169. The Labute approximate surface area is 107 Å². The summed E-state index contributed by atoms with van der Waals surface area (Å²) in [6, 6.07) is 2.16. The van der Waals surface area contributed by atoms with E-state index in [0.717, 1.165) is 24.4 Å². The van der Waals surface area contributed by atoms with Crippen molar-refractivity contribution in [3.05, 3.63) is 18.1 Å². The smallest absolute Gasteiger partial charge is 0.129 e. The fourth-order valence-corrected chi connectivity index (χ4v) is 2.26. The number of anilines is 1. The molecular weight excluding hydrogens is 234 g/mol. The summed E-state index contributed by atoms with van der Waals surface area (Å²) in [4.78, 5) is 8.42. The lowest BCUT2D eigenvalue weighted by Crippen LogP contribution is -2.31. The summed E-state index contributed by atoms with van der Waals surface area (Å²) in [5, 5.41) is 12.7. The van der Waals surface area contributed by atoms with Gasteiger partial charge < -0.3 is 10.4 Å². The molecule has 0 saturated carbocycles. The predicted molar refractivity (Wildman–Crippen MR) is 73.5 cm³/mol. The van der Waals surface area contributed by atoms with Crippen LogP contribution in [-0.4, -0.2) is 39.2 Å². The summed E-state index contributed by atoms with van der Waals surface area (Å²) in [5.41, 5.74) is 1.06. The van der Waals surface area contributed by atoms with E-state index in [1.165, 1.54) is 0 Å². The van der Waals surface area contributed by atoms with Gasteiger partial charge >= 0.3 is 0 Å². The van der Waals surface area contributed by atoms with Crippen molar-refractivity contribution in [2.24, 2.45) is 0 Å². The molecule has 0 aliphatic heterocycles. The molecule has 0 radical (unpaired) electrons. The van der Waals surface area contributed by atoms with Crippen molar-refractivity contribution in [3.63, 3.8) is 0 Å². The number of aromatic nitrogens is 2. The van der Waals surface area contributed by atoms with Crippen LogP contribution in [0.1, 0.15) is 26.0 Å². The molecule has 0 bridgehead atoms. The highest BCUT2D eigenvalue weighted by Gasteiger charge is 2.15. The van der Waals surface area contributed by atoms with Crippen molar-refractivity contribution >= 4 is 17.6 Å². The zero-order chi connectivity index (χ0) is 12.7. The first-order valence-electron chi connectivity index (χ1n) is 5.92. The van der Waals surface area contributed by atoms with E-state index in [2.05, 4.69) is 29.1 Å². The molecule has 2 unspecified atom stereocenters. The average molecular weight is 255 g/mol. The molecule has 0 aromatic carbocycles. The molecule has 96 valence electrons. The third-order valence-electron chi connectivity index (χ3n) is 2.65. The largest absolute Gasteiger partial charge is 0.395 e. The molecule has 0 spiro atoms. The van der Waals surface area contributed by atoms with Gasteiger partial charge in [0, 0.05) is 23.1 Å². The molecule has 2 atom stereocenters. The first-order chi connectivity index (χ1) is 8.21. The maximum Gasteiger partial charge on any atom is 0.129 e. The molecule has 1 aromatic rings. The van der Waals surface area contributed by atoms with E-state index >= 15 is 0 Å². The third-order valence-corrected chi connectivity index (χ3v) is 3.81. The van der Waals surface area contributed by atoms with Crippen LogP contribution in [0.3, 0.4) is 0 Å². The lowest BCUT2D eigenvalue weighted by atomic mass is 10.2. The summed E-state index contributed by atoms with van der Waals surface area (Å²) in [6.45, 7) is 4.36. The first kappa shape index (κ1) is 14.3. The Morgan fingerprint density at radius 3 is 2.82 bits per heavy atom. The number of aryl methyl sites for hydroxylation is 1. The molecule has 1 heterocycles. The van der Waals surface area contributed by atoms with Crippen molar-refractivity contribution in [2.45, 2.75) is 38.0 Å². The van der Waals surface area contributed by atoms with Crippen LogP contribution in [0.4, 0.5) is 5.82 Å². The molecule has 1 rings (SSSR count). The summed E-state index contributed by atoms with van der Waals surface area (Å²) in [7, 11) is 0. The monoisotopic (exact) mass is 255 g/mol. The fraction of sp³-hybridized carbons (Fsp3) is 0.667. The quantitative estimate of drug-likeness (QED) is 0.780. The number of nitrogens with zero attached hydrogens (tertiary/aromatic N) is 2. The van der Waals surface area contributed by atoms with Crippen molar-refractivity contribution < 1.29 is 5.11 Å². The summed E-state index contributed by atoms with van der Waals surface area (Å²) < 4.78 is 0. The molecule has 0 amide bonds. The molecule has 17 heavy (non-hydrogen) atoms. The van der Waals surface area contributed by atoms with Crippen LogP contribution < -0.4 is 5.32 Å². The number of hydrogen-bond donors (Lipinski definition) is 2. The molecule has 0 saturated heterocycles. The Hall–Kier alpha value is -0.810. The van der Waals surface area contributed by atoms with Gasteiger partial charge in [0.15, 0.2) is 0 Å². The van der Waals surface area contributed by atoms with Crippen LogP contribution in [0.15, 0.2) is 12.4 Å². The zero-order valence-corrected chi connectivity index (χ0v) is 11.5. The Balaban J connectivity index is 2.63. The minimum Gasteiger partial charge on any atom is -0.395 e. The van der Waals surface area contributed by atoms with Crippen LogP contribution in [0, 0.1) is 0 Å². The van der Waals surface area contributed by atoms with Crippen molar-refractivity contribution in [1.82, 2.24) is 9.97 Å². The third kappa shape index (κ3) is 4.52. The summed E-state index contributed by atoms with van der Waals surface area (Å²) >= 11 is 1.66. The van der Waals surface area contributed by atoms with Gasteiger partial charge in [-0.25, -0.2) is 9.97 Å². The highest BCUT2D eigenvalue weighted by molar-refractivity contribution is 7.99. The Morgan fingerprint density at radius 1 is 1.47 bits per heavy atom. The highest BCUT2D eigenvalue weighted by atomic mass is 32.2. The minimum atomic E-state index is 0.169. The van der Waals surface area contributed by atoms with Gasteiger partial charge in [0.05, 0.1) is 6.61 Å². The lowest BCUT2D eigenvalue weighted by molar-refractivity contribution is 0.288. The summed E-state index contributed by atoms with van der Waals surface area (Å²) in [5.74, 6) is 0.837. The Bertz CT molecular complexity index is 331. The predicted octanol–water partition coefficient (Wildman–Crippen LogP) is 1.95. The maximum absolute atomic E-state index is 9.22. The molecular formula is C12H21N3OS. The van der Waals surface area contributed by atoms with Gasteiger partial charge in [-0.2, -0.15) is 11.8 Å². The molecule has 5 heteroatoms. The number of rotatable bonds is 7. The SMILES string of the molecule is CCCc1cc(NC(C)C(CO)SC)ncn1. The second kappa shape index (κ2) is 7.50. The van der Waals surface area contributed by atoms with E-state index in [0.29, 0.717) is 0 Å². The van der Waals surface area contributed by atoms with Crippen LogP contribution in [0.25, 0.3) is 0 Å². The van der Waals surface area contributed by atoms with E-state index < -0.39 is 0 Å². The van der Waals surface area contributed by atoms with Crippen LogP contribution in [0.2, 0.25) is 0 Å².